The Balaban J connectivity index is 2.07. The first kappa shape index (κ1) is 15.3. The van der Waals surface area contributed by atoms with Gasteiger partial charge in [0.1, 0.15) is 12.4 Å². The van der Waals surface area contributed by atoms with Crippen molar-refractivity contribution in [2.24, 2.45) is 0 Å². The van der Waals surface area contributed by atoms with Crippen LogP contribution in [0.3, 0.4) is 0 Å². The molecule has 0 aromatic heterocycles. The lowest BCUT2D eigenvalue weighted by molar-refractivity contribution is 0.0699. The zero-order valence-electron chi connectivity index (χ0n) is 12.2. The van der Waals surface area contributed by atoms with Crippen molar-refractivity contribution < 1.29 is 19.4 Å². The van der Waals surface area contributed by atoms with Gasteiger partial charge in [0.05, 0.1) is 12.2 Å². The molecule has 112 valence electrons. The highest BCUT2D eigenvalue weighted by molar-refractivity contribution is 6.05. The van der Waals surface area contributed by atoms with E-state index in [1.807, 2.05) is 18.2 Å². The van der Waals surface area contributed by atoms with Crippen molar-refractivity contribution in [3.05, 3.63) is 42.0 Å². The van der Waals surface area contributed by atoms with Crippen molar-refractivity contribution in [2.45, 2.75) is 19.8 Å². The van der Waals surface area contributed by atoms with Gasteiger partial charge in [-0.3, -0.25) is 0 Å². The van der Waals surface area contributed by atoms with Gasteiger partial charge in [-0.15, -0.1) is 0 Å². The highest BCUT2D eigenvalue weighted by Crippen LogP contribution is 2.28. The maximum Gasteiger partial charge on any atom is 0.336 e. The zero-order valence-corrected chi connectivity index (χ0v) is 12.2. The van der Waals surface area contributed by atoms with Crippen molar-refractivity contribution in [3.8, 4) is 5.75 Å². The predicted molar refractivity (Wildman–Crippen MR) is 82.1 cm³/mol. The summed E-state index contributed by atoms with van der Waals surface area (Å²) >= 11 is 0. The Morgan fingerprint density at radius 1 is 1.05 bits per heavy atom. The van der Waals surface area contributed by atoms with Crippen LogP contribution < -0.4 is 4.74 Å². The lowest BCUT2D eigenvalue weighted by Gasteiger charge is -2.11. The normalized spacial score (nSPS) is 10.7. The van der Waals surface area contributed by atoms with Gasteiger partial charge in [0.15, 0.2) is 0 Å². The molecule has 2 aromatic carbocycles. The molecule has 2 rings (SSSR count). The van der Waals surface area contributed by atoms with Crippen molar-refractivity contribution in [3.63, 3.8) is 0 Å². The fraction of sp³-hybridized carbons (Fsp3) is 0.353. The van der Waals surface area contributed by atoms with Crippen molar-refractivity contribution in [1.29, 1.82) is 0 Å². The molecule has 0 aliphatic carbocycles. The van der Waals surface area contributed by atoms with Crippen LogP contribution in [0.2, 0.25) is 0 Å². The molecule has 2 aromatic rings. The molecule has 0 spiro atoms. The summed E-state index contributed by atoms with van der Waals surface area (Å²) in [5.41, 5.74) is 0.289. The van der Waals surface area contributed by atoms with Crippen LogP contribution >= 0.6 is 0 Å². The minimum atomic E-state index is -0.930. The number of carboxylic acids is 1. The Labute approximate surface area is 124 Å². The summed E-state index contributed by atoms with van der Waals surface area (Å²) in [6, 6.07) is 10.7. The third kappa shape index (κ3) is 3.95. The SMILES string of the molecule is CCCCOCCOc1ccc(C(=O)O)c2ccccc12. The first-order valence-corrected chi connectivity index (χ1v) is 7.19. The van der Waals surface area contributed by atoms with Gasteiger partial charge in [-0.1, -0.05) is 37.6 Å². The van der Waals surface area contributed by atoms with Crippen molar-refractivity contribution in [1.82, 2.24) is 0 Å². The van der Waals surface area contributed by atoms with E-state index in [9.17, 15) is 9.90 Å². The number of carbonyl (C=O) groups is 1. The lowest BCUT2D eigenvalue weighted by Crippen LogP contribution is -2.08. The molecule has 4 nitrogen and oxygen atoms in total. The molecule has 0 amide bonds. The smallest absolute Gasteiger partial charge is 0.336 e. The summed E-state index contributed by atoms with van der Waals surface area (Å²) in [5.74, 6) is -0.240. The van der Waals surface area contributed by atoms with Gasteiger partial charge in [-0.25, -0.2) is 4.79 Å². The summed E-state index contributed by atoms with van der Waals surface area (Å²) in [6.07, 6.45) is 2.17. The van der Waals surface area contributed by atoms with E-state index in [4.69, 9.17) is 9.47 Å². The number of benzene rings is 2. The Hall–Kier alpha value is -2.07. The van der Waals surface area contributed by atoms with Gasteiger partial charge < -0.3 is 14.6 Å². The van der Waals surface area contributed by atoms with Crippen LogP contribution in [0.25, 0.3) is 10.8 Å². The van der Waals surface area contributed by atoms with E-state index in [0.29, 0.717) is 24.3 Å². The standard InChI is InChI=1S/C17H20O4/c1-2-3-10-20-11-12-21-16-9-8-15(17(18)19)13-6-4-5-7-14(13)16/h4-9H,2-3,10-12H2,1H3,(H,18,19). The quantitative estimate of drug-likeness (QED) is 0.752. The van der Waals surface area contributed by atoms with Crippen LogP contribution in [0.15, 0.2) is 36.4 Å². The molecule has 4 heteroatoms. The summed E-state index contributed by atoms with van der Waals surface area (Å²) in [5, 5.41) is 10.7. The average Bonchev–Trinajstić information content (AvgIpc) is 2.50. The van der Waals surface area contributed by atoms with Gasteiger partial charge in [-0.2, -0.15) is 0 Å². The van der Waals surface area contributed by atoms with Crippen LogP contribution in [0.5, 0.6) is 5.75 Å². The molecule has 0 aliphatic heterocycles. The number of fused-ring (bicyclic) bond motifs is 1. The molecule has 0 radical (unpaired) electrons. The molecule has 0 unspecified atom stereocenters. The largest absolute Gasteiger partial charge is 0.491 e. The second kappa shape index (κ2) is 7.64. The average molecular weight is 288 g/mol. The molecule has 0 atom stereocenters. The van der Waals surface area contributed by atoms with Gasteiger partial charge in [0.2, 0.25) is 0 Å². The number of ether oxygens (including phenoxy) is 2. The van der Waals surface area contributed by atoms with E-state index >= 15 is 0 Å². The first-order chi connectivity index (χ1) is 10.2. The van der Waals surface area contributed by atoms with Gasteiger partial charge in [0.25, 0.3) is 0 Å². The van der Waals surface area contributed by atoms with Crippen LogP contribution in [-0.2, 0) is 4.74 Å². The molecular weight excluding hydrogens is 268 g/mol. The molecule has 0 aliphatic rings. The molecular formula is C17H20O4. The van der Waals surface area contributed by atoms with Crippen LogP contribution in [0.4, 0.5) is 0 Å². The second-order valence-electron chi connectivity index (χ2n) is 4.78. The Morgan fingerprint density at radius 2 is 1.81 bits per heavy atom. The van der Waals surface area contributed by atoms with Gasteiger partial charge >= 0.3 is 5.97 Å². The zero-order chi connectivity index (χ0) is 15.1. The Kier molecular flexibility index (Phi) is 5.58. The number of rotatable bonds is 8. The summed E-state index contributed by atoms with van der Waals surface area (Å²) in [7, 11) is 0. The van der Waals surface area contributed by atoms with E-state index in [1.54, 1.807) is 18.2 Å². The van der Waals surface area contributed by atoms with Crippen LogP contribution in [0.1, 0.15) is 30.1 Å². The van der Waals surface area contributed by atoms with E-state index in [-0.39, 0.29) is 5.56 Å². The van der Waals surface area contributed by atoms with Crippen molar-refractivity contribution in [2.75, 3.05) is 19.8 Å². The van der Waals surface area contributed by atoms with Crippen LogP contribution in [0, 0.1) is 0 Å². The number of hydrogen-bond acceptors (Lipinski definition) is 3. The molecule has 0 fully saturated rings. The molecule has 21 heavy (non-hydrogen) atoms. The maximum atomic E-state index is 11.2. The minimum absolute atomic E-state index is 0.289. The third-order valence-corrected chi connectivity index (χ3v) is 3.24. The first-order valence-electron chi connectivity index (χ1n) is 7.19. The minimum Gasteiger partial charge on any atom is -0.491 e. The predicted octanol–water partition coefficient (Wildman–Crippen LogP) is 3.73. The van der Waals surface area contributed by atoms with E-state index in [1.165, 1.54) is 0 Å². The number of unbranched alkanes of at least 4 members (excludes halogenated alkanes) is 1. The number of aromatic carboxylic acids is 1. The summed E-state index contributed by atoms with van der Waals surface area (Å²) in [4.78, 5) is 11.2. The third-order valence-electron chi connectivity index (χ3n) is 3.24. The molecule has 1 N–H and O–H groups in total. The fourth-order valence-electron chi connectivity index (χ4n) is 2.14. The summed E-state index contributed by atoms with van der Waals surface area (Å²) in [6.45, 7) is 3.86. The molecule has 0 saturated heterocycles. The molecule has 0 bridgehead atoms. The fourth-order valence-corrected chi connectivity index (χ4v) is 2.14. The Morgan fingerprint density at radius 3 is 2.52 bits per heavy atom. The van der Waals surface area contributed by atoms with E-state index in [0.717, 1.165) is 24.8 Å². The highest BCUT2D eigenvalue weighted by Gasteiger charge is 2.11. The monoisotopic (exact) mass is 288 g/mol. The highest BCUT2D eigenvalue weighted by atomic mass is 16.5. The topological polar surface area (TPSA) is 55.8 Å². The van der Waals surface area contributed by atoms with Crippen LogP contribution in [-0.4, -0.2) is 30.9 Å². The molecule has 0 heterocycles. The Bertz CT molecular complexity index is 607. The van der Waals surface area contributed by atoms with Gasteiger partial charge in [0, 0.05) is 12.0 Å². The maximum absolute atomic E-state index is 11.2. The van der Waals surface area contributed by atoms with Gasteiger partial charge in [-0.05, 0) is 23.9 Å². The lowest BCUT2D eigenvalue weighted by atomic mass is 10.0. The van der Waals surface area contributed by atoms with E-state index in [2.05, 4.69) is 6.92 Å². The number of carboxylic acid groups (broad SMARTS) is 1. The van der Waals surface area contributed by atoms with E-state index < -0.39 is 5.97 Å². The number of hydrogen-bond donors (Lipinski definition) is 1. The summed E-state index contributed by atoms with van der Waals surface area (Å²) < 4.78 is 11.2. The van der Waals surface area contributed by atoms with Crippen molar-refractivity contribution >= 4 is 16.7 Å². The molecule has 0 saturated carbocycles. The second-order valence-corrected chi connectivity index (χ2v) is 4.78.